The van der Waals surface area contributed by atoms with Crippen molar-refractivity contribution in [1.82, 2.24) is 4.98 Å². The fourth-order valence-corrected chi connectivity index (χ4v) is 3.47. The minimum Gasteiger partial charge on any atom is -0.366 e. The summed E-state index contributed by atoms with van der Waals surface area (Å²) in [5.74, 6) is 2.83. The van der Waals surface area contributed by atoms with Gasteiger partial charge in [0.15, 0.2) is 0 Å². The molecule has 2 aliphatic rings. The van der Waals surface area contributed by atoms with E-state index >= 15 is 0 Å². The monoisotopic (exact) mass is 316 g/mol. The van der Waals surface area contributed by atoms with E-state index in [1.165, 1.54) is 36.5 Å². The predicted octanol–water partition coefficient (Wildman–Crippen LogP) is 4.60. The van der Waals surface area contributed by atoms with Crippen molar-refractivity contribution in [2.24, 2.45) is 11.8 Å². The van der Waals surface area contributed by atoms with Gasteiger partial charge in [-0.1, -0.05) is 28.1 Å². The maximum atomic E-state index is 4.58. The number of nitrogens with zero attached hydrogens (tertiary/aromatic N) is 1. The van der Waals surface area contributed by atoms with E-state index < -0.39 is 0 Å². The van der Waals surface area contributed by atoms with Gasteiger partial charge in [0.1, 0.15) is 5.82 Å². The predicted molar refractivity (Wildman–Crippen MR) is 82.3 cm³/mol. The second-order valence-electron chi connectivity index (χ2n) is 5.84. The molecule has 1 N–H and O–H groups in total. The average molecular weight is 317 g/mol. The quantitative estimate of drug-likeness (QED) is 0.891. The van der Waals surface area contributed by atoms with Crippen molar-refractivity contribution >= 4 is 32.5 Å². The van der Waals surface area contributed by atoms with Gasteiger partial charge in [-0.2, -0.15) is 0 Å². The molecule has 1 aromatic heterocycles. The number of nitrogens with one attached hydrogen (secondary N) is 1. The first-order chi connectivity index (χ1) is 9.33. The molecule has 4 rings (SSSR count). The summed E-state index contributed by atoms with van der Waals surface area (Å²) in [6.07, 6.45) is 7.47. The lowest BCUT2D eigenvalue weighted by atomic mass is 10.1. The summed E-state index contributed by atoms with van der Waals surface area (Å²) in [6.45, 7) is 0. The molecule has 0 radical (unpaired) electrons. The van der Waals surface area contributed by atoms with Crippen LogP contribution >= 0.6 is 15.9 Å². The number of aromatic nitrogens is 1. The zero-order valence-corrected chi connectivity index (χ0v) is 12.4. The first-order valence-electron chi connectivity index (χ1n) is 7.13. The molecule has 98 valence electrons. The maximum absolute atomic E-state index is 4.58. The number of benzene rings is 1. The molecule has 2 aromatic rings. The smallest absolute Gasteiger partial charge is 0.134 e. The van der Waals surface area contributed by atoms with Crippen LogP contribution < -0.4 is 5.32 Å². The highest BCUT2D eigenvalue weighted by atomic mass is 79.9. The number of pyridine rings is 1. The summed E-state index contributed by atoms with van der Waals surface area (Å²) >= 11 is 3.62. The maximum Gasteiger partial charge on any atom is 0.134 e. The Hall–Kier alpha value is -1.09. The Kier molecular flexibility index (Phi) is 2.76. The lowest BCUT2D eigenvalue weighted by Crippen LogP contribution is -2.24. The van der Waals surface area contributed by atoms with Crippen LogP contribution in [0.2, 0.25) is 0 Å². The topological polar surface area (TPSA) is 24.9 Å². The molecule has 2 aliphatic carbocycles. The fourth-order valence-electron chi connectivity index (χ4n) is 2.97. The SMILES string of the molecule is Brc1cccc2c(NC(C3CC3)C3CC3)nccc12. The van der Waals surface area contributed by atoms with E-state index in [1.54, 1.807) is 0 Å². The summed E-state index contributed by atoms with van der Waals surface area (Å²) in [4.78, 5) is 4.58. The molecular formula is C16H17BrN2. The van der Waals surface area contributed by atoms with Gasteiger partial charge in [-0.15, -0.1) is 0 Å². The molecule has 0 atom stereocenters. The van der Waals surface area contributed by atoms with Gasteiger partial charge < -0.3 is 5.32 Å². The van der Waals surface area contributed by atoms with Gasteiger partial charge in [0, 0.05) is 27.5 Å². The molecule has 0 amide bonds. The highest BCUT2D eigenvalue weighted by Crippen LogP contribution is 2.46. The highest BCUT2D eigenvalue weighted by Gasteiger charge is 2.41. The minimum absolute atomic E-state index is 0.650. The minimum atomic E-state index is 0.650. The lowest BCUT2D eigenvalue weighted by molar-refractivity contribution is 0.566. The molecule has 2 saturated carbocycles. The number of rotatable bonds is 4. The Bertz CT molecular complexity index is 605. The van der Waals surface area contributed by atoms with Gasteiger partial charge in [-0.05, 0) is 49.7 Å². The molecule has 3 heteroatoms. The first kappa shape index (κ1) is 11.7. The van der Waals surface area contributed by atoms with Crippen LogP contribution in [0.1, 0.15) is 25.7 Å². The number of halogens is 1. The van der Waals surface area contributed by atoms with Gasteiger partial charge >= 0.3 is 0 Å². The van der Waals surface area contributed by atoms with E-state index in [1.807, 2.05) is 6.20 Å². The molecular weight excluding hydrogens is 300 g/mol. The average Bonchev–Trinajstić information content (AvgIpc) is 3.28. The van der Waals surface area contributed by atoms with Crippen molar-refractivity contribution in [2.75, 3.05) is 5.32 Å². The molecule has 0 saturated heterocycles. The second-order valence-corrected chi connectivity index (χ2v) is 6.69. The highest BCUT2D eigenvalue weighted by molar-refractivity contribution is 9.10. The van der Waals surface area contributed by atoms with Crippen molar-refractivity contribution < 1.29 is 0 Å². The lowest BCUT2D eigenvalue weighted by Gasteiger charge is -2.19. The van der Waals surface area contributed by atoms with Crippen LogP contribution in [0.5, 0.6) is 0 Å². The van der Waals surface area contributed by atoms with Crippen LogP contribution in [0.15, 0.2) is 34.9 Å². The van der Waals surface area contributed by atoms with Crippen LogP contribution in [0, 0.1) is 11.8 Å². The van der Waals surface area contributed by atoms with E-state index in [0.29, 0.717) is 6.04 Å². The van der Waals surface area contributed by atoms with E-state index in [4.69, 9.17) is 0 Å². The van der Waals surface area contributed by atoms with Crippen molar-refractivity contribution in [3.05, 3.63) is 34.9 Å². The van der Waals surface area contributed by atoms with Gasteiger partial charge in [0.25, 0.3) is 0 Å². The number of hydrogen-bond acceptors (Lipinski definition) is 2. The van der Waals surface area contributed by atoms with Gasteiger partial charge in [-0.3, -0.25) is 0 Å². The number of fused-ring (bicyclic) bond motifs is 1. The number of hydrogen-bond donors (Lipinski definition) is 1. The largest absolute Gasteiger partial charge is 0.366 e. The molecule has 0 bridgehead atoms. The zero-order chi connectivity index (χ0) is 12.8. The van der Waals surface area contributed by atoms with Crippen molar-refractivity contribution in [1.29, 1.82) is 0 Å². The van der Waals surface area contributed by atoms with Crippen LogP contribution in [0.3, 0.4) is 0 Å². The molecule has 1 aromatic carbocycles. The van der Waals surface area contributed by atoms with Gasteiger partial charge in [-0.25, -0.2) is 4.98 Å². The third-order valence-corrected chi connectivity index (χ3v) is 5.01. The first-order valence-corrected chi connectivity index (χ1v) is 7.92. The third kappa shape index (κ3) is 2.25. The summed E-state index contributed by atoms with van der Waals surface area (Å²) in [5, 5.41) is 6.21. The second kappa shape index (κ2) is 4.48. The van der Waals surface area contributed by atoms with Gasteiger partial charge in [0.2, 0.25) is 0 Å². The van der Waals surface area contributed by atoms with Crippen LogP contribution in [0.25, 0.3) is 10.8 Å². The molecule has 0 spiro atoms. The Morgan fingerprint density at radius 3 is 2.47 bits per heavy atom. The summed E-state index contributed by atoms with van der Waals surface area (Å²) in [5.41, 5.74) is 0. The van der Waals surface area contributed by atoms with E-state index in [9.17, 15) is 0 Å². The Balaban J connectivity index is 1.72. The van der Waals surface area contributed by atoms with E-state index in [0.717, 1.165) is 22.1 Å². The van der Waals surface area contributed by atoms with Crippen molar-refractivity contribution in [3.63, 3.8) is 0 Å². The van der Waals surface area contributed by atoms with Crippen molar-refractivity contribution in [3.8, 4) is 0 Å². The molecule has 0 aliphatic heterocycles. The zero-order valence-electron chi connectivity index (χ0n) is 10.8. The van der Waals surface area contributed by atoms with Gasteiger partial charge in [0.05, 0.1) is 0 Å². The summed E-state index contributed by atoms with van der Waals surface area (Å²) in [7, 11) is 0. The van der Waals surface area contributed by atoms with Crippen molar-refractivity contribution in [2.45, 2.75) is 31.7 Å². The molecule has 2 nitrogen and oxygen atoms in total. The standard InChI is InChI=1S/C16H17BrN2/c17-14-3-1-2-13-12(14)8-9-18-16(13)19-15(10-4-5-10)11-6-7-11/h1-3,8-11,15H,4-7H2,(H,18,19). The van der Waals surface area contributed by atoms with Crippen LogP contribution in [-0.4, -0.2) is 11.0 Å². The molecule has 0 unspecified atom stereocenters. The Morgan fingerprint density at radius 2 is 1.79 bits per heavy atom. The Labute approximate surface area is 121 Å². The molecule has 19 heavy (non-hydrogen) atoms. The van der Waals surface area contributed by atoms with E-state index in [2.05, 4.69) is 50.5 Å². The van der Waals surface area contributed by atoms with Crippen LogP contribution in [0.4, 0.5) is 5.82 Å². The normalized spacial score (nSPS) is 19.1. The third-order valence-electron chi connectivity index (χ3n) is 4.32. The summed E-state index contributed by atoms with van der Waals surface area (Å²) in [6, 6.07) is 9.06. The summed E-state index contributed by atoms with van der Waals surface area (Å²) < 4.78 is 1.14. The van der Waals surface area contributed by atoms with E-state index in [-0.39, 0.29) is 0 Å². The fraction of sp³-hybridized carbons (Fsp3) is 0.438. The molecule has 2 fully saturated rings. The van der Waals surface area contributed by atoms with Crippen LogP contribution in [-0.2, 0) is 0 Å². The molecule has 1 heterocycles. The number of anilines is 1. The Morgan fingerprint density at radius 1 is 1.05 bits per heavy atom.